The number of hydrogen-bond donors (Lipinski definition) is 0. The number of carbonyl (C=O) groups excluding carboxylic acids is 1. The highest BCUT2D eigenvalue weighted by molar-refractivity contribution is 7.07. The monoisotopic (exact) mass is 466 g/mol. The fourth-order valence-corrected chi connectivity index (χ4v) is 4.81. The van der Waals surface area contributed by atoms with Gasteiger partial charge in [-0.3, -0.25) is 9.36 Å². The molecule has 0 aliphatic carbocycles. The molecule has 3 aromatic rings. The van der Waals surface area contributed by atoms with Crippen molar-refractivity contribution in [1.29, 1.82) is 0 Å². The van der Waals surface area contributed by atoms with E-state index >= 15 is 0 Å². The SMILES string of the molecule is CCOC(=O)C1=C(C)N=c2s/c(=C\c3cccc(OCC)c3)c(=O)n2[C@H]1c1ccc(F)cc1. The Balaban J connectivity index is 1.91. The third-order valence-electron chi connectivity index (χ3n) is 5.17. The minimum absolute atomic E-state index is 0.187. The van der Waals surface area contributed by atoms with Crippen LogP contribution in [0.5, 0.6) is 5.75 Å². The van der Waals surface area contributed by atoms with Gasteiger partial charge in [0, 0.05) is 0 Å². The fourth-order valence-electron chi connectivity index (χ4n) is 3.76. The van der Waals surface area contributed by atoms with Crippen LogP contribution >= 0.6 is 11.3 Å². The van der Waals surface area contributed by atoms with Crippen molar-refractivity contribution >= 4 is 23.4 Å². The van der Waals surface area contributed by atoms with Crippen LogP contribution in [0, 0.1) is 5.82 Å². The largest absolute Gasteiger partial charge is 0.494 e. The molecular formula is C25H23FN2O4S. The van der Waals surface area contributed by atoms with Crippen LogP contribution in [-0.2, 0) is 9.53 Å². The standard InChI is InChI=1S/C25H23FN2O4S/c1-4-31-19-8-6-7-16(13-19)14-20-23(29)28-22(17-9-11-18(26)12-10-17)21(24(30)32-5-2)15(3)27-25(28)33-20/h6-14,22H,4-5H2,1-3H3/b20-14-/t22-/m0/s1. The van der Waals surface area contributed by atoms with Gasteiger partial charge in [-0.1, -0.05) is 35.6 Å². The molecule has 2 heterocycles. The van der Waals surface area contributed by atoms with Crippen molar-refractivity contribution in [3.8, 4) is 5.75 Å². The summed E-state index contributed by atoms with van der Waals surface area (Å²) in [6.45, 7) is 6.06. The van der Waals surface area contributed by atoms with Crippen LogP contribution in [0.4, 0.5) is 4.39 Å². The number of ether oxygens (including phenoxy) is 2. The molecule has 0 saturated carbocycles. The molecule has 1 aliphatic heterocycles. The minimum Gasteiger partial charge on any atom is -0.494 e. The highest BCUT2D eigenvalue weighted by Gasteiger charge is 2.33. The molecule has 1 aromatic heterocycles. The number of hydrogen-bond acceptors (Lipinski definition) is 6. The second-order valence-electron chi connectivity index (χ2n) is 7.36. The average Bonchev–Trinajstić information content (AvgIpc) is 3.08. The Morgan fingerprint density at radius 1 is 1.18 bits per heavy atom. The predicted molar refractivity (Wildman–Crippen MR) is 124 cm³/mol. The van der Waals surface area contributed by atoms with Crippen LogP contribution in [0.25, 0.3) is 6.08 Å². The Kier molecular flexibility index (Phi) is 6.55. The first kappa shape index (κ1) is 22.7. The van der Waals surface area contributed by atoms with Crippen LogP contribution in [0.1, 0.15) is 37.9 Å². The summed E-state index contributed by atoms with van der Waals surface area (Å²) in [4.78, 5) is 31.3. The molecule has 0 unspecified atom stereocenters. The lowest BCUT2D eigenvalue weighted by molar-refractivity contribution is -0.139. The Morgan fingerprint density at radius 2 is 1.94 bits per heavy atom. The number of nitrogens with zero attached hydrogens (tertiary/aromatic N) is 2. The molecule has 0 fully saturated rings. The molecule has 0 spiro atoms. The third kappa shape index (κ3) is 4.52. The van der Waals surface area contributed by atoms with Gasteiger partial charge in [-0.25, -0.2) is 14.2 Å². The maximum absolute atomic E-state index is 13.6. The molecule has 0 saturated heterocycles. The van der Waals surface area contributed by atoms with Crippen molar-refractivity contribution in [2.75, 3.05) is 13.2 Å². The van der Waals surface area contributed by atoms with Crippen LogP contribution in [0.2, 0.25) is 0 Å². The Morgan fingerprint density at radius 3 is 2.64 bits per heavy atom. The molecule has 0 N–H and O–H groups in total. The van der Waals surface area contributed by atoms with Gasteiger partial charge in [0.15, 0.2) is 4.80 Å². The maximum Gasteiger partial charge on any atom is 0.338 e. The highest BCUT2D eigenvalue weighted by Crippen LogP contribution is 2.30. The van der Waals surface area contributed by atoms with Crippen LogP contribution in [0.15, 0.2) is 69.6 Å². The van der Waals surface area contributed by atoms with Gasteiger partial charge in [-0.15, -0.1) is 0 Å². The molecule has 170 valence electrons. The van der Waals surface area contributed by atoms with Gasteiger partial charge < -0.3 is 9.47 Å². The van der Waals surface area contributed by atoms with Gasteiger partial charge in [0.1, 0.15) is 11.6 Å². The fraction of sp³-hybridized carbons (Fsp3) is 0.240. The van der Waals surface area contributed by atoms with E-state index < -0.39 is 17.8 Å². The number of allylic oxidation sites excluding steroid dienone is 1. The second kappa shape index (κ2) is 9.54. The van der Waals surface area contributed by atoms with Gasteiger partial charge in [0.05, 0.1) is 35.1 Å². The molecule has 8 heteroatoms. The summed E-state index contributed by atoms with van der Waals surface area (Å²) in [6, 6.07) is 12.4. The van der Waals surface area contributed by atoms with E-state index in [2.05, 4.69) is 4.99 Å². The van der Waals surface area contributed by atoms with Crippen molar-refractivity contribution < 1.29 is 18.7 Å². The lowest BCUT2D eigenvalue weighted by Crippen LogP contribution is -2.39. The van der Waals surface area contributed by atoms with E-state index in [0.717, 1.165) is 5.56 Å². The first-order valence-electron chi connectivity index (χ1n) is 10.6. The molecule has 4 rings (SSSR count). The lowest BCUT2D eigenvalue weighted by atomic mass is 9.96. The predicted octanol–water partition coefficient (Wildman–Crippen LogP) is 3.34. The van der Waals surface area contributed by atoms with E-state index in [1.54, 1.807) is 32.1 Å². The van der Waals surface area contributed by atoms with Crippen molar-refractivity contribution in [3.63, 3.8) is 0 Å². The zero-order chi connectivity index (χ0) is 23.5. The van der Waals surface area contributed by atoms with Gasteiger partial charge in [-0.2, -0.15) is 0 Å². The number of halogens is 1. The first-order chi connectivity index (χ1) is 15.9. The number of aromatic nitrogens is 1. The van der Waals surface area contributed by atoms with Gasteiger partial charge in [0.25, 0.3) is 5.56 Å². The number of rotatable bonds is 6. The van der Waals surface area contributed by atoms with Crippen LogP contribution in [-0.4, -0.2) is 23.8 Å². The zero-order valence-corrected chi connectivity index (χ0v) is 19.3. The molecule has 33 heavy (non-hydrogen) atoms. The molecule has 1 aliphatic rings. The van der Waals surface area contributed by atoms with E-state index in [1.165, 1.54) is 28.0 Å². The summed E-state index contributed by atoms with van der Waals surface area (Å²) in [7, 11) is 0. The third-order valence-corrected chi connectivity index (χ3v) is 6.15. The summed E-state index contributed by atoms with van der Waals surface area (Å²) in [5.41, 5.74) is 1.85. The maximum atomic E-state index is 13.6. The Bertz CT molecular complexity index is 1400. The molecule has 0 bridgehead atoms. The van der Waals surface area contributed by atoms with Gasteiger partial charge in [-0.05, 0) is 62.2 Å². The van der Waals surface area contributed by atoms with Crippen molar-refractivity contribution in [2.45, 2.75) is 26.8 Å². The topological polar surface area (TPSA) is 69.9 Å². The van der Waals surface area contributed by atoms with Gasteiger partial charge >= 0.3 is 5.97 Å². The Labute approximate surface area is 193 Å². The quantitative estimate of drug-likeness (QED) is 0.523. The number of benzene rings is 2. The van der Waals surface area contributed by atoms with E-state index in [-0.39, 0.29) is 17.7 Å². The number of fused-ring (bicyclic) bond motifs is 1. The minimum atomic E-state index is -0.766. The Hall–Kier alpha value is -3.52. The molecule has 0 radical (unpaired) electrons. The lowest BCUT2D eigenvalue weighted by Gasteiger charge is -2.24. The molecule has 1 atom stereocenters. The van der Waals surface area contributed by atoms with Crippen molar-refractivity contribution in [1.82, 2.24) is 4.57 Å². The molecular weight excluding hydrogens is 443 g/mol. The molecule has 2 aromatic carbocycles. The van der Waals surface area contributed by atoms with Crippen LogP contribution in [0.3, 0.4) is 0 Å². The number of carbonyl (C=O) groups is 1. The number of esters is 1. The average molecular weight is 467 g/mol. The number of thiazole rings is 1. The first-order valence-corrected chi connectivity index (χ1v) is 11.4. The van der Waals surface area contributed by atoms with Gasteiger partial charge in [0.2, 0.25) is 0 Å². The smallest absolute Gasteiger partial charge is 0.338 e. The molecule has 0 amide bonds. The summed E-state index contributed by atoms with van der Waals surface area (Å²) < 4.78 is 26.4. The molecule has 6 nitrogen and oxygen atoms in total. The van der Waals surface area contributed by atoms with E-state index in [9.17, 15) is 14.0 Å². The van der Waals surface area contributed by atoms with Crippen LogP contribution < -0.4 is 19.6 Å². The van der Waals surface area contributed by atoms with Crippen molar-refractivity contribution in [3.05, 3.63) is 96.4 Å². The summed E-state index contributed by atoms with van der Waals surface area (Å²) in [6.07, 6.45) is 1.78. The van der Waals surface area contributed by atoms with Crippen molar-refractivity contribution in [2.24, 2.45) is 4.99 Å². The normalized spacial score (nSPS) is 15.8. The van der Waals surface area contributed by atoms with E-state index in [0.29, 0.717) is 33.0 Å². The summed E-state index contributed by atoms with van der Waals surface area (Å²) in [5, 5.41) is 0. The zero-order valence-electron chi connectivity index (χ0n) is 18.5. The highest BCUT2D eigenvalue weighted by atomic mass is 32.1. The summed E-state index contributed by atoms with van der Waals surface area (Å²) >= 11 is 1.24. The second-order valence-corrected chi connectivity index (χ2v) is 8.37. The summed E-state index contributed by atoms with van der Waals surface area (Å²) in [5.74, 6) is -0.242. The van der Waals surface area contributed by atoms with E-state index in [1.807, 2.05) is 31.2 Å². The van der Waals surface area contributed by atoms with E-state index in [4.69, 9.17) is 9.47 Å².